The fourth-order valence-corrected chi connectivity index (χ4v) is 2.11. The van der Waals surface area contributed by atoms with Gasteiger partial charge in [0, 0.05) is 18.4 Å². The van der Waals surface area contributed by atoms with Crippen molar-refractivity contribution in [2.45, 2.75) is 32.0 Å². The lowest BCUT2D eigenvalue weighted by molar-refractivity contribution is -0.126. The molecule has 7 nitrogen and oxygen atoms in total. The van der Waals surface area contributed by atoms with Crippen molar-refractivity contribution in [1.82, 2.24) is 10.3 Å². The van der Waals surface area contributed by atoms with Crippen LogP contribution < -0.4 is 10.6 Å². The normalized spacial score (nSPS) is 21.0. The van der Waals surface area contributed by atoms with Crippen molar-refractivity contribution in [3.63, 3.8) is 0 Å². The molecule has 2 rings (SSSR count). The first kappa shape index (κ1) is 15.4. The van der Waals surface area contributed by atoms with Crippen LogP contribution in [0.1, 0.15) is 30.3 Å². The number of aliphatic hydroxyl groups excluding tert-OH is 1. The van der Waals surface area contributed by atoms with E-state index >= 15 is 0 Å². The Labute approximate surface area is 122 Å². The van der Waals surface area contributed by atoms with E-state index in [1.807, 2.05) is 6.92 Å². The number of hydrogen-bond acceptors (Lipinski definition) is 5. The molecule has 2 atom stereocenters. The predicted molar refractivity (Wildman–Crippen MR) is 75.9 cm³/mol. The van der Waals surface area contributed by atoms with E-state index in [1.165, 1.54) is 12.3 Å². The standard InChI is InChI=1S/C14H19N3O4/c1-9-2-3-12(21-9)14(20)17-10-4-5-15-11(8-10)13(19)16-6-7-18/h4-5,8-9,12,18H,2-3,6-7H2,1H3,(H,16,19)(H,15,17,20). The molecule has 7 heteroatoms. The van der Waals surface area contributed by atoms with Gasteiger partial charge in [-0.25, -0.2) is 0 Å². The van der Waals surface area contributed by atoms with E-state index in [4.69, 9.17) is 9.84 Å². The van der Waals surface area contributed by atoms with Gasteiger partial charge in [0.15, 0.2) is 0 Å². The molecular weight excluding hydrogens is 274 g/mol. The lowest BCUT2D eigenvalue weighted by atomic mass is 10.2. The lowest BCUT2D eigenvalue weighted by Gasteiger charge is -2.12. The van der Waals surface area contributed by atoms with E-state index in [-0.39, 0.29) is 30.9 Å². The van der Waals surface area contributed by atoms with Gasteiger partial charge in [0.2, 0.25) is 0 Å². The molecule has 1 fully saturated rings. The zero-order chi connectivity index (χ0) is 15.2. The van der Waals surface area contributed by atoms with Crippen LogP contribution in [0.3, 0.4) is 0 Å². The predicted octanol–water partition coefficient (Wildman–Crippen LogP) is 0.310. The summed E-state index contributed by atoms with van der Waals surface area (Å²) in [5, 5.41) is 13.9. The molecule has 21 heavy (non-hydrogen) atoms. The van der Waals surface area contributed by atoms with Gasteiger partial charge in [0.05, 0.1) is 12.7 Å². The summed E-state index contributed by atoms with van der Waals surface area (Å²) in [5.74, 6) is -0.613. The molecule has 1 aliphatic heterocycles. The Morgan fingerprint density at radius 2 is 2.29 bits per heavy atom. The van der Waals surface area contributed by atoms with Gasteiger partial charge >= 0.3 is 0 Å². The Balaban J connectivity index is 1.97. The molecule has 3 N–H and O–H groups in total. The largest absolute Gasteiger partial charge is 0.395 e. The van der Waals surface area contributed by atoms with Crippen LogP contribution in [0, 0.1) is 0 Å². The van der Waals surface area contributed by atoms with Crippen LogP contribution in [-0.2, 0) is 9.53 Å². The number of anilines is 1. The fraction of sp³-hybridized carbons (Fsp3) is 0.500. The minimum absolute atomic E-state index is 0.0954. The number of hydrogen-bond donors (Lipinski definition) is 3. The van der Waals surface area contributed by atoms with Gasteiger partial charge in [0.25, 0.3) is 11.8 Å². The summed E-state index contributed by atoms with van der Waals surface area (Å²) in [6.45, 7) is 1.95. The second kappa shape index (κ2) is 7.14. The summed E-state index contributed by atoms with van der Waals surface area (Å²) in [7, 11) is 0. The molecule has 114 valence electrons. The molecule has 0 aromatic carbocycles. The van der Waals surface area contributed by atoms with Crippen LogP contribution in [-0.4, -0.2) is 47.3 Å². The number of pyridine rings is 1. The van der Waals surface area contributed by atoms with Gasteiger partial charge in [-0.2, -0.15) is 0 Å². The van der Waals surface area contributed by atoms with Crippen molar-refractivity contribution in [2.75, 3.05) is 18.5 Å². The maximum absolute atomic E-state index is 12.0. The smallest absolute Gasteiger partial charge is 0.270 e. The quantitative estimate of drug-likeness (QED) is 0.725. The Hall–Kier alpha value is -1.99. The molecule has 0 saturated carbocycles. The van der Waals surface area contributed by atoms with E-state index in [0.29, 0.717) is 12.1 Å². The van der Waals surface area contributed by atoms with Gasteiger partial charge in [-0.15, -0.1) is 0 Å². The summed E-state index contributed by atoms with van der Waals surface area (Å²) >= 11 is 0. The summed E-state index contributed by atoms with van der Waals surface area (Å²) < 4.78 is 5.49. The van der Waals surface area contributed by atoms with Crippen molar-refractivity contribution in [3.05, 3.63) is 24.0 Å². The lowest BCUT2D eigenvalue weighted by Crippen LogP contribution is -2.29. The highest BCUT2D eigenvalue weighted by atomic mass is 16.5. The summed E-state index contributed by atoms with van der Waals surface area (Å²) in [4.78, 5) is 27.7. The molecule has 1 aromatic rings. The highest BCUT2D eigenvalue weighted by Crippen LogP contribution is 2.20. The topological polar surface area (TPSA) is 101 Å². The third kappa shape index (κ3) is 4.24. The molecule has 0 bridgehead atoms. The first-order valence-electron chi connectivity index (χ1n) is 6.91. The molecular formula is C14H19N3O4. The van der Waals surface area contributed by atoms with Gasteiger partial charge in [-0.1, -0.05) is 0 Å². The molecule has 1 aromatic heterocycles. The second-order valence-electron chi connectivity index (χ2n) is 4.91. The van der Waals surface area contributed by atoms with E-state index in [1.54, 1.807) is 6.07 Å². The number of amides is 2. The summed E-state index contributed by atoms with van der Waals surface area (Å²) in [6, 6.07) is 3.10. The van der Waals surface area contributed by atoms with E-state index in [9.17, 15) is 9.59 Å². The van der Waals surface area contributed by atoms with E-state index in [2.05, 4.69) is 15.6 Å². The second-order valence-corrected chi connectivity index (χ2v) is 4.91. The van der Waals surface area contributed by atoms with Crippen LogP contribution in [0.15, 0.2) is 18.3 Å². The van der Waals surface area contributed by atoms with Crippen LogP contribution in [0.4, 0.5) is 5.69 Å². The molecule has 2 unspecified atom stereocenters. The number of ether oxygens (including phenoxy) is 1. The average molecular weight is 293 g/mol. The van der Waals surface area contributed by atoms with Crippen LogP contribution in [0.5, 0.6) is 0 Å². The maximum Gasteiger partial charge on any atom is 0.270 e. The molecule has 0 radical (unpaired) electrons. The Morgan fingerprint density at radius 1 is 1.48 bits per heavy atom. The van der Waals surface area contributed by atoms with Gasteiger partial charge in [0.1, 0.15) is 11.8 Å². The third-order valence-electron chi connectivity index (χ3n) is 3.18. The van der Waals surface area contributed by atoms with Crippen molar-refractivity contribution < 1.29 is 19.4 Å². The summed E-state index contributed by atoms with van der Waals surface area (Å²) in [5.41, 5.74) is 0.675. The zero-order valence-electron chi connectivity index (χ0n) is 11.8. The van der Waals surface area contributed by atoms with Crippen molar-refractivity contribution in [3.8, 4) is 0 Å². The SMILES string of the molecule is CC1CCC(C(=O)Nc2ccnc(C(=O)NCCO)c2)O1. The number of rotatable bonds is 5. The fourth-order valence-electron chi connectivity index (χ4n) is 2.11. The maximum atomic E-state index is 12.0. The summed E-state index contributed by atoms with van der Waals surface area (Å²) in [6.07, 6.45) is 2.66. The average Bonchev–Trinajstić information content (AvgIpc) is 2.91. The van der Waals surface area contributed by atoms with Crippen molar-refractivity contribution in [1.29, 1.82) is 0 Å². The number of aliphatic hydroxyl groups is 1. The molecule has 1 aliphatic rings. The Kier molecular flexibility index (Phi) is 5.24. The molecule has 1 saturated heterocycles. The monoisotopic (exact) mass is 293 g/mol. The minimum atomic E-state index is -0.445. The van der Waals surface area contributed by atoms with Gasteiger partial charge in [-0.05, 0) is 31.9 Å². The Bertz CT molecular complexity index is 521. The van der Waals surface area contributed by atoms with Crippen LogP contribution >= 0.6 is 0 Å². The first-order valence-corrected chi connectivity index (χ1v) is 6.91. The first-order chi connectivity index (χ1) is 10.1. The van der Waals surface area contributed by atoms with Crippen molar-refractivity contribution >= 4 is 17.5 Å². The van der Waals surface area contributed by atoms with E-state index < -0.39 is 12.0 Å². The van der Waals surface area contributed by atoms with Crippen molar-refractivity contribution in [2.24, 2.45) is 0 Å². The van der Waals surface area contributed by atoms with Crippen LogP contribution in [0.25, 0.3) is 0 Å². The number of carbonyl (C=O) groups excluding carboxylic acids is 2. The highest BCUT2D eigenvalue weighted by Gasteiger charge is 2.28. The third-order valence-corrected chi connectivity index (χ3v) is 3.18. The number of nitrogens with zero attached hydrogens (tertiary/aromatic N) is 1. The highest BCUT2D eigenvalue weighted by molar-refractivity contribution is 5.97. The van der Waals surface area contributed by atoms with Crippen LogP contribution in [0.2, 0.25) is 0 Å². The molecule has 2 amide bonds. The molecule has 0 spiro atoms. The van der Waals surface area contributed by atoms with Gasteiger partial charge < -0.3 is 20.5 Å². The number of nitrogens with one attached hydrogen (secondary N) is 2. The van der Waals surface area contributed by atoms with Gasteiger partial charge in [-0.3, -0.25) is 14.6 Å². The number of aromatic nitrogens is 1. The molecule has 0 aliphatic carbocycles. The zero-order valence-corrected chi connectivity index (χ0v) is 11.8. The Morgan fingerprint density at radius 3 is 2.95 bits per heavy atom. The van der Waals surface area contributed by atoms with E-state index in [0.717, 1.165) is 6.42 Å². The number of carbonyl (C=O) groups is 2. The minimum Gasteiger partial charge on any atom is -0.395 e. The molecule has 2 heterocycles.